The summed E-state index contributed by atoms with van der Waals surface area (Å²) in [7, 11) is 1.85. The number of aromatic nitrogens is 1. The van der Waals surface area contributed by atoms with E-state index in [1.54, 1.807) is 18.0 Å². The Hall–Kier alpha value is -0.290. The van der Waals surface area contributed by atoms with E-state index in [0.29, 0.717) is 5.02 Å². The molecule has 1 heterocycles. The maximum absolute atomic E-state index is 8.95. The average molecular weight is 247 g/mol. The second-order valence-electron chi connectivity index (χ2n) is 3.12. The van der Waals surface area contributed by atoms with Gasteiger partial charge in [-0.1, -0.05) is 11.6 Å². The van der Waals surface area contributed by atoms with E-state index in [2.05, 4.69) is 10.3 Å². The van der Waals surface area contributed by atoms with Gasteiger partial charge < -0.3 is 10.4 Å². The fourth-order valence-corrected chi connectivity index (χ4v) is 2.10. The van der Waals surface area contributed by atoms with Crippen LogP contribution in [0.15, 0.2) is 23.4 Å². The van der Waals surface area contributed by atoms with E-state index in [0.717, 1.165) is 17.2 Å². The third kappa shape index (κ3) is 4.84. The first-order valence-corrected chi connectivity index (χ1v) is 6.15. The summed E-state index contributed by atoms with van der Waals surface area (Å²) >= 11 is 7.39. The Balaban J connectivity index is 2.28. The van der Waals surface area contributed by atoms with E-state index in [9.17, 15) is 0 Å². The number of aliphatic hydroxyl groups is 1. The molecule has 2 N–H and O–H groups in total. The molecule has 0 bridgehead atoms. The maximum atomic E-state index is 8.95. The molecular formula is C10H15ClN2OS. The number of aliphatic hydroxyl groups excluding tert-OH is 1. The first-order chi connectivity index (χ1) is 7.26. The highest BCUT2D eigenvalue weighted by Gasteiger charge is 2.04. The zero-order valence-electron chi connectivity index (χ0n) is 8.61. The minimum Gasteiger partial charge on any atom is -0.395 e. The average Bonchev–Trinajstić information content (AvgIpc) is 2.27. The first kappa shape index (κ1) is 12.8. The molecule has 1 unspecified atom stereocenters. The molecule has 1 aromatic heterocycles. The lowest BCUT2D eigenvalue weighted by atomic mass is 10.2. The second kappa shape index (κ2) is 7.06. The van der Waals surface area contributed by atoms with Gasteiger partial charge >= 0.3 is 0 Å². The second-order valence-corrected chi connectivity index (χ2v) is 4.67. The van der Waals surface area contributed by atoms with Crippen LogP contribution in [0.1, 0.15) is 6.42 Å². The zero-order valence-corrected chi connectivity index (χ0v) is 10.2. The predicted octanol–water partition coefficient (Wildman–Crippen LogP) is 1.80. The Bertz CT molecular complexity index is 277. The van der Waals surface area contributed by atoms with Gasteiger partial charge in [-0.05, 0) is 25.6 Å². The maximum Gasteiger partial charge on any atom is 0.0960 e. The highest BCUT2D eigenvalue weighted by Crippen LogP contribution is 2.18. The van der Waals surface area contributed by atoms with Crippen molar-refractivity contribution in [3.8, 4) is 0 Å². The summed E-state index contributed by atoms with van der Waals surface area (Å²) in [6, 6.07) is 3.91. The van der Waals surface area contributed by atoms with Crippen LogP contribution in [0.4, 0.5) is 0 Å². The van der Waals surface area contributed by atoms with Crippen LogP contribution in [0.25, 0.3) is 0 Å². The van der Waals surface area contributed by atoms with E-state index in [-0.39, 0.29) is 12.6 Å². The summed E-state index contributed by atoms with van der Waals surface area (Å²) in [6.07, 6.45) is 2.56. The molecule has 1 atom stereocenters. The van der Waals surface area contributed by atoms with Gasteiger partial charge in [-0.3, -0.25) is 0 Å². The standard InChI is InChI=1S/C10H15ClN2OS/c1-12-9(7-14)4-5-15-10-3-2-8(11)6-13-10/h2-3,6,9,12,14H,4-5,7H2,1H3. The highest BCUT2D eigenvalue weighted by molar-refractivity contribution is 7.99. The molecule has 0 radical (unpaired) electrons. The zero-order chi connectivity index (χ0) is 11.1. The van der Waals surface area contributed by atoms with E-state index >= 15 is 0 Å². The number of likely N-dealkylation sites (N-methyl/N-ethyl adjacent to an activating group) is 1. The molecule has 3 nitrogen and oxygen atoms in total. The van der Waals surface area contributed by atoms with E-state index in [4.69, 9.17) is 16.7 Å². The molecule has 1 rings (SSSR count). The van der Waals surface area contributed by atoms with Crippen LogP contribution in [0.5, 0.6) is 0 Å². The van der Waals surface area contributed by atoms with Gasteiger partial charge in [0, 0.05) is 18.0 Å². The predicted molar refractivity (Wildman–Crippen MR) is 64.5 cm³/mol. The number of nitrogens with zero attached hydrogens (tertiary/aromatic N) is 1. The van der Waals surface area contributed by atoms with Crippen molar-refractivity contribution >= 4 is 23.4 Å². The van der Waals surface area contributed by atoms with E-state index < -0.39 is 0 Å². The summed E-state index contributed by atoms with van der Waals surface area (Å²) in [5.74, 6) is 0.931. The number of halogens is 1. The Labute approximate surface area is 99.2 Å². The molecule has 0 spiro atoms. The molecule has 0 aromatic carbocycles. The summed E-state index contributed by atoms with van der Waals surface area (Å²) in [6.45, 7) is 0.172. The third-order valence-corrected chi connectivity index (χ3v) is 3.25. The minimum absolute atomic E-state index is 0.171. The minimum atomic E-state index is 0.171. The molecule has 0 fully saturated rings. The first-order valence-electron chi connectivity index (χ1n) is 4.78. The molecule has 84 valence electrons. The number of nitrogens with one attached hydrogen (secondary N) is 1. The van der Waals surface area contributed by atoms with Gasteiger partial charge in [0.25, 0.3) is 0 Å². The fourth-order valence-electron chi connectivity index (χ4n) is 1.08. The number of rotatable bonds is 6. The van der Waals surface area contributed by atoms with Gasteiger partial charge in [-0.15, -0.1) is 11.8 Å². The lowest BCUT2D eigenvalue weighted by molar-refractivity contribution is 0.246. The highest BCUT2D eigenvalue weighted by atomic mass is 35.5. The van der Waals surface area contributed by atoms with Crippen molar-refractivity contribution in [3.63, 3.8) is 0 Å². The Morgan fingerprint density at radius 1 is 1.60 bits per heavy atom. The quantitative estimate of drug-likeness (QED) is 0.752. The molecule has 1 aromatic rings. The van der Waals surface area contributed by atoms with Gasteiger partial charge in [0.1, 0.15) is 0 Å². The van der Waals surface area contributed by atoms with Crippen molar-refractivity contribution in [2.24, 2.45) is 0 Å². The monoisotopic (exact) mass is 246 g/mol. The Morgan fingerprint density at radius 2 is 2.40 bits per heavy atom. The molecule has 15 heavy (non-hydrogen) atoms. The summed E-state index contributed by atoms with van der Waals surface area (Å²) < 4.78 is 0. The molecule has 0 saturated carbocycles. The molecule has 0 aliphatic rings. The van der Waals surface area contributed by atoms with Crippen LogP contribution in [-0.2, 0) is 0 Å². The lowest BCUT2D eigenvalue weighted by Gasteiger charge is -2.11. The van der Waals surface area contributed by atoms with Crippen LogP contribution in [0, 0.1) is 0 Å². The summed E-state index contributed by atoms with van der Waals surface area (Å²) in [5, 5.41) is 13.6. The Kier molecular flexibility index (Phi) is 6.02. The number of hydrogen-bond acceptors (Lipinski definition) is 4. The van der Waals surface area contributed by atoms with Gasteiger partial charge in [-0.2, -0.15) is 0 Å². The van der Waals surface area contributed by atoms with Crippen LogP contribution < -0.4 is 5.32 Å². The number of pyridine rings is 1. The van der Waals surface area contributed by atoms with Crippen molar-refractivity contribution in [2.75, 3.05) is 19.4 Å². The third-order valence-electron chi connectivity index (χ3n) is 2.05. The number of hydrogen-bond donors (Lipinski definition) is 2. The molecule has 0 aliphatic carbocycles. The Morgan fingerprint density at radius 3 is 2.93 bits per heavy atom. The van der Waals surface area contributed by atoms with Crippen molar-refractivity contribution in [3.05, 3.63) is 23.4 Å². The van der Waals surface area contributed by atoms with E-state index in [1.807, 2.05) is 19.2 Å². The van der Waals surface area contributed by atoms with Gasteiger partial charge in [0.05, 0.1) is 16.7 Å². The van der Waals surface area contributed by atoms with Crippen molar-refractivity contribution < 1.29 is 5.11 Å². The molecule has 0 aliphatic heterocycles. The smallest absolute Gasteiger partial charge is 0.0960 e. The van der Waals surface area contributed by atoms with Crippen molar-refractivity contribution in [2.45, 2.75) is 17.5 Å². The SMILES string of the molecule is CNC(CO)CCSc1ccc(Cl)cn1. The van der Waals surface area contributed by atoms with Crippen LogP contribution in [-0.4, -0.2) is 35.5 Å². The molecule has 5 heteroatoms. The van der Waals surface area contributed by atoms with E-state index in [1.165, 1.54) is 0 Å². The van der Waals surface area contributed by atoms with Gasteiger partial charge in [-0.25, -0.2) is 4.98 Å². The molecular weight excluding hydrogens is 232 g/mol. The summed E-state index contributed by atoms with van der Waals surface area (Å²) in [5.41, 5.74) is 0. The molecule has 0 saturated heterocycles. The van der Waals surface area contributed by atoms with Crippen molar-refractivity contribution in [1.82, 2.24) is 10.3 Å². The fraction of sp³-hybridized carbons (Fsp3) is 0.500. The molecule has 0 amide bonds. The largest absolute Gasteiger partial charge is 0.395 e. The van der Waals surface area contributed by atoms with Gasteiger partial charge in [0.15, 0.2) is 0 Å². The van der Waals surface area contributed by atoms with Crippen LogP contribution in [0.2, 0.25) is 5.02 Å². The van der Waals surface area contributed by atoms with Crippen LogP contribution in [0.3, 0.4) is 0 Å². The van der Waals surface area contributed by atoms with Crippen molar-refractivity contribution in [1.29, 1.82) is 0 Å². The lowest BCUT2D eigenvalue weighted by Crippen LogP contribution is -2.29. The topological polar surface area (TPSA) is 45.1 Å². The summed E-state index contributed by atoms with van der Waals surface area (Å²) in [4.78, 5) is 4.17. The normalized spacial score (nSPS) is 12.7. The number of thioether (sulfide) groups is 1. The van der Waals surface area contributed by atoms with Gasteiger partial charge in [0.2, 0.25) is 0 Å². The van der Waals surface area contributed by atoms with Crippen LogP contribution >= 0.6 is 23.4 Å².